The summed E-state index contributed by atoms with van der Waals surface area (Å²) < 4.78 is 5.87. The molecule has 1 unspecified atom stereocenters. The molecule has 0 aromatic carbocycles. The first-order valence-electron chi connectivity index (χ1n) is 5.63. The van der Waals surface area contributed by atoms with Crippen molar-refractivity contribution in [2.45, 2.75) is 62.9 Å². The highest BCUT2D eigenvalue weighted by Crippen LogP contribution is 2.36. The summed E-state index contributed by atoms with van der Waals surface area (Å²) in [6.07, 6.45) is -1.26. The molecule has 2 N–H and O–H groups in total. The van der Waals surface area contributed by atoms with Crippen molar-refractivity contribution < 1.29 is 14.6 Å². The third-order valence-electron chi connectivity index (χ3n) is 3.25. The molecule has 16 heavy (non-hydrogen) atoms. The summed E-state index contributed by atoms with van der Waals surface area (Å²) in [6, 6.07) is 0. The number of hydrogen-bond donors (Lipinski definition) is 2. The van der Waals surface area contributed by atoms with Crippen molar-refractivity contribution in [3.05, 3.63) is 0 Å². The van der Waals surface area contributed by atoms with E-state index >= 15 is 0 Å². The molecule has 0 bridgehead atoms. The Hall–Kier alpha value is 0.577. The van der Waals surface area contributed by atoms with Crippen molar-refractivity contribution in [1.29, 1.82) is 0 Å². The van der Waals surface area contributed by atoms with E-state index in [9.17, 15) is 10.2 Å². The quantitative estimate of drug-likeness (QED) is 0.606. The Kier molecular flexibility index (Phi) is 6.17. The maximum atomic E-state index is 9.81. The molecule has 0 spiro atoms. The standard InChI is InChI=1S/C11H25BrO3Si/c1-8(13)10(12)9(14)7-15-16(5,6)11(2,3)4/h8-10,13-14H,7H2,1-6H3/t8?,9-,10+/m1/s1. The summed E-state index contributed by atoms with van der Waals surface area (Å²) in [6.45, 7) is 12.7. The number of aliphatic hydroxyl groups excluding tert-OH is 2. The van der Waals surface area contributed by atoms with Crippen LogP contribution in [-0.4, -0.2) is 42.2 Å². The lowest BCUT2D eigenvalue weighted by Gasteiger charge is -2.37. The van der Waals surface area contributed by atoms with Gasteiger partial charge in [-0.15, -0.1) is 0 Å². The molecule has 3 nitrogen and oxygen atoms in total. The highest BCUT2D eigenvalue weighted by Gasteiger charge is 2.38. The van der Waals surface area contributed by atoms with Gasteiger partial charge in [-0.3, -0.25) is 0 Å². The van der Waals surface area contributed by atoms with E-state index in [4.69, 9.17) is 4.43 Å². The molecule has 98 valence electrons. The highest BCUT2D eigenvalue weighted by atomic mass is 79.9. The van der Waals surface area contributed by atoms with Gasteiger partial charge in [0.05, 0.1) is 23.6 Å². The summed E-state index contributed by atoms with van der Waals surface area (Å²) in [5, 5.41) is 19.3. The van der Waals surface area contributed by atoms with E-state index in [1.807, 2.05) is 0 Å². The van der Waals surface area contributed by atoms with Gasteiger partial charge in [-0.2, -0.15) is 0 Å². The summed E-state index contributed by atoms with van der Waals surface area (Å²) in [5.41, 5.74) is 0. The van der Waals surface area contributed by atoms with Gasteiger partial charge in [0.25, 0.3) is 0 Å². The predicted octanol–water partition coefficient (Wildman–Crippen LogP) is 2.51. The molecule has 0 rings (SSSR count). The second-order valence-corrected chi connectivity index (χ2v) is 11.7. The van der Waals surface area contributed by atoms with Crippen molar-refractivity contribution in [3.8, 4) is 0 Å². The van der Waals surface area contributed by atoms with Gasteiger partial charge in [0.1, 0.15) is 0 Å². The van der Waals surface area contributed by atoms with Crippen molar-refractivity contribution in [2.75, 3.05) is 6.61 Å². The third kappa shape index (κ3) is 4.83. The second-order valence-electron chi connectivity index (χ2n) is 5.82. The van der Waals surface area contributed by atoms with Crippen LogP contribution in [0.4, 0.5) is 0 Å². The van der Waals surface area contributed by atoms with Crippen molar-refractivity contribution in [2.24, 2.45) is 0 Å². The van der Waals surface area contributed by atoms with Crippen molar-refractivity contribution in [1.82, 2.24) is 0 Å². The van der Waals surface area contributed by atoms with Crippen LogP contribution in [0.5, 0.6) is 0 Å². The summed E-state index contributed by atoms with van der Waals surface area (Å²) >= 11 is 3.26. The molecule has 0 amide bonds. The molecule has 0 aromatic rings. The first kappa shape index (κ1) is 16.6. The van der Waals surface area contributed by atoms with Crippen LogP contribution in [0.15, 0.2) is 0 Å². The molecule has 0 saturated heterocycles. The van der Waals surface area contributed by atoms with Crippen LogP contribution in [0.1, 0.15) is 27.7 Å². The van der Waals surface area contributed by atoms with Gasteiger partial charge in [0.15, 0.2) is 8.32 Å². The molecule has 0 radical (unpaired) electrons. The van der Waals surface area contributed by atoms with Crippen LogP contribution in [0.3, 0.4) is 0 Å². The van der Waals surface area contributed by atoms with Crippen LogP contribution < -0.4 is 0 Å². The predicted molar refractivity (Wildman–Crippen MR) is 73.6 cm³/mol. The first-order chi connectivity index (χ1) is 6.99. The fourth-order valence-corrected chi connectivity index (χ4v) is 2.10. The zero-order valence-corrected chi connectivity index (χ0v) is 13.7. The zero-order valence-electron chi connectivity index (χ0n) is 11.1. The molecule has 3 atom stereocenters. The lowest BCUT2D eigenvalue weighted by molar-refractivity contribution is 0.0604. The number of rotatable bonds is 5. The van der Waals surface area contributed by atoms with Gasteiger partial charge in [-0.25, -0.2) is 0 Å². The lowest BCUT2D eigenvalue weighted by Crippen LogP contribution is -2.44. The Morgan fingerprint density at radius 2 is 1.69 bits per heavy atom. The van der Waals surface area contributed by atoms with E-state index in [0.717, 1.165) is 0 Å². The second kappa shape index (κ2) is 5.95. The van der Waals surface area contributed by atoms with Gasteiger partial charge in [0.2, 0.25) is 0 Å². The van der Waals surface area contributed by atoms with Crippen molar-refractivity contribution >= 4 is 24.2 Å². The molecule has 0 heterocycles. The number of hydrogen-bond acceptors (Lipinski definition) is 3. The normalized spacial score (nSPS) is 19.3. The number of halogens is 1. The third-order valence-corrected chi connectivity index (χ3v) is 9.13. The van der Waals surface area contributed by atoms with Gasteiger partial charge in [-0.05, 0) is 25.1 Å². The Morgan fingerprint density at radius 3 is 2.00 bits per heavy atom. The molecule has 0 aliphatic rings. The van der Waals surface area contributed by atoms with E-state index in [2.05, 4.69) is 49.8 Å². The largest absolute Gasteiger partial charge is 0.414 e. The van der Waals surface area contributed by atoms with E-state index in [1.165, 1.54) is 0 Å². The monoisotopic (exact) mass is 312 g/mol. The number of alkyl halides is 1. The highest BCUT2D eigenvalue weighted by molar-refractivity contribution is 9.09. The molecular weight excluding hydrogens is 288 g/mol. The molecule has 0 aliphatic carbocycles. The molecule has 0 saturated carbocycles. The van der Waals surface area contributed by atoms with E-state index < -0.39 is 20.5 Å². The molecule has 5 heteroatoms. The minimum Gasteiger partial charge on any atom is -0.414 e. The summed E-state index contributed by atoms with van der Waals surface area (Å²) in [4.78, 5) is -0.336. The van der Waals surface area contributed by atoms with Gasteiger partial charge >= 0.3 is 0 Å². The average Bonchev–Trinajstić information content (AvgIpc) is 2.11. The molecular formula is C11H25BrO3Si. The van der Waals surface area contributed by atoms with Crippen LogP contribution >= 0.6 is 15.9 Å². The maximum Gasteiger partial charge on any atom is 0.192 e. The average molecular weight is 313 g/mol. The summed E-state index contributed by atoms with van der Waals surface area (Å²) in [5.74, 6) is 0. The Bertz CT molecular complexity index is 214. The van der Waals surface area contributed by atoms with Gasteiger partial charge < -0.3 is 14.6 Å². The van der Waals surface area contributed by atoms with Crippen LogP contribution in [0.2, 0.25) is 18.1 Å². The summed E-state index contributed by atoms with van der Waals surface area (Å²) in [7, 11) is -1.81. The van der Waals surface area contributed by atoms with Gasteiger partial charge in [-0.1, -0.05) is 36.7 Å². The van der Waals surface area contributed by atoms with Gasteiger partial charge in [0, 0.05) is 0 Å². The minimum absolute atomic E-state index is 0.138. The van der Waals surface area contributed by atoms with E-state index in [0.29, 0.717) is 0 Å². The minimum atomic E-state index is -1.81. The SMILES string of the molecule is CC(O)[C@H](Br)[C@H](O)CO[Si](C)(C)C(C)(C)C. The fraction of sp³-hybridized carbons (Fsp3) is 1.00. The Balaban J connectivity index is 4.25. The smallest absolute Gasteiger partial charge is 0.192 e. The lowest BCUT2D eigenvalue weighted by atomic mass is 10.2. The molecule has 0 aromatic heterocycles. The van der Waals surface area contributed by atoms with E-state index in [-0.39, 0.29) is 16.5 Å². The van der Waals surface area contributed by atoms with E-state index in [1.54, 1.807) is 6.92 Å². The topological polar surface area (TPSA) is 49.7 Å². The molecule has 0 aliphatic heterocycles. The first-order valence-corrected chi connectivity index (χ1v) is 9.45. The fourth-order valence-electron chi connectivity index (χ4n) is 0.924. The van der Waals surface area contributed by atoms with Crippen LogP contribution in [0, 0.1) is 0 Å². The number of aliphatic hydroxyl groups is 2. The Labute approximate surface area is 108 Å². The maximum absolute atomic E-state index is 9.81. The molecule has 0 fully saturated rings. The Morgan fingerprint density at radius 1 is 1.25 bits per heavy atom. The zero-order chi connectivity index (χ0) is 13.1. The van der Waals surface area contributed by atoms with Crippen LogP contribution in [-0.2, 0) is 4.43 Å². The van der Waals surface area contributed by atoms with Crippen molar-refractivity contribution in [3.63, 3.8) is 0 Å². The van der Waals surface area contributed by atoms with Crippen LogP contribution in [0.25, 0.3) is 0 Å².